The molecule has 0 fully saturated rings. The van der Waals surface area contributed by atoms with E-state index in [4.69, 9.17) is 5.11 Å². The van der Waals surface area contributed by atoms with Gasteiger partial charge in [-0.2, -0.15) is 0 Å². The van der Waals surface area contributed by atoms with Gasteiger partial charge in [-0.25, -0.2) is 0 Å². The van der Waals surface area contributed by atoms with Crippen molar-refractivity contribution < 1.29 is 10.6 Å². The van der Waals surface area contributed by atoms with Crippen LogP contribution in [-0.2, 0) is 0 Å². The highest BCUT2D eigenvalue weighted by molar-refractivity contribution is 5.11. The first-order chi connectivity index (χ1) is 6.39. The second-order valence-corrected chi connectivity index (χ2v) is 2.77. The highest BCUT2D eigenvalue weighted by Crippen LogP contribution is 2.00. The Hall–Kier alpha value is -1.38. The summed E-state index contributed by atoms with van der Waals surface area (Å²) in [4.78, 5) is 0. The molecule has 1 atom stereocenters. The van der Waals surface area contributed by atoms with Crippen LogP contribution in [0.2, 0.25) is 0 Å². The summed E-state index contributed by atoms with van der Waals surface area (Å²) < 4.78 is 0. The molecule has 0 heterocycles. The number of allylic oxidation sites excluding steroid dienone is 2. The zero-order valence-electron chi connectivity index (χ0n) is 8.01. The zero-order valence-corrected chi connectivity index (χ0v) is 8.01. The van der Waals surface area contributed by atoms with Gasteiger partial charge >= 0.3 is 0 Å². The van der Waals surface area contributed by atoms with Crippen LogP contribution < -0.4 is 0 Å². The fraction of sp³-hybridized carbons (Fsp3) is 0.167. The summed E-state index contributed by atoms with van der Waals surface area (Å²) in [5.74, 6) is 0. The fourth-order valence-electron chi connectivity index (χ4n) is 0.952. The highest BCUT2D eigenvalue weighted by atomic mass is 16.3. The summed E-state index contributed by atoms with van der Waals surface area (Å²) in [6, 6.07) is 12.0. The van der Waals surface area contributed by atoms with Gasteiger partial charge in [0.05, 0.1) is 6.10 Å². The van der Waals surface area contributed by atoms with Crippen LogP contribution in [0, 0.1) is 0 Å². The minimum atomic E-state index is -0.231. The molecule has 3 N–H and O–H groups in total. The van der Waals surface area contributed by atoms with Gasteiger partial charge in [0, 0.05) is 0 Å². The smallest absolute Gasteiger partial charge is 0.0758 e. The summed E-state index contributed by atoms with van der Waals surface area (Å²) >= 11 is 0. The number of rotatable bonds is 0. The molecule has 0 amide bonds. The summed E-state index contributed by atoms with van der Waals surface area (Å²) in [5.41, 5.74) is 0. The molecular formula is C12H16O2. The van der Waals surface area contributed by atoms with Gasteiger partial charge in [-0.3, -0.25) is 0 Å². The van der Waals surface area contributed by atoms with Crippen LogP contribution in [0.25, 0.3) is 0 Å². The van der Waals surface area contributed by atoms with E-state index in [1.54, 1.807) is 6.08 Å². The SMILES string of the molecule is O.OC1C=CC=CC1.c1ccccc1. The lowest BCUT2D eigenvalue weighted by Crippen LogP contribution is -2.00. The van der Waals surface area contributed by atoms with E-state index in [1.807, 2.05) is 54.6 Å². The van der Waals surface area contributed by atoms with E-state index >= 15 is 0 Å². The minimum Gasteiger partial charge on any atom is -0.412 e. The van der Waals surface area contributed by atoms with Crippen molar-refractivity contribution in [2.75, 3.05) is 0 Å². The third-order valence-electron chi connectivity index (χ3n) is 1.62. The maximum Gasteiger partial charge on any atom is 0.0758 e. The maximum absolute atomic E-state index is 8.77. The zero-order chi connectivity index (χ0) is 9.36. The molecule has 14 heavy (non-hydrogen) atoms. The van der Waals surface area contributed by atoms with Crippen molar-refractivity contribution in [2.45, 2.75) is 12.5 Å². The first-order valence-electron chi connectivity index (χ1n) is 4.41. The Bertz CT molecular complexity index is 238. The molecule has 0 radical (unpaired) electrons. The predicted octanol–water partition coefficient (Wildman–Crippen LogP) is 1.73. The normalized spacial score (nSPS) is 17.6. The van der Waals surface area contributed by atoms with Crippen LogP contribution in [0.1, 0.15) is 6.42 Å². The standard InChI is InChI=1S/C6H8O.C6H6.H2O/c7-6-4-2-1-3-5-6;1-2-4-6-5-3-1;/h1-4,6-7H,5H2;1-6H;1H2. The van der Waals surface area contributed by atoms with E-state index in [9.17, 15) is 0 Å². The maximum atomic E-state index is 8.77. The van der Waals surface area contributed by atoms with E-state index in [-0.39, 0.29) is 11.6 Å². The van der Waals surface area contributed by atoms with Gasteiger partial charge in [0.25, 0.3) is 0 Å². The van der Waals surface area contributed by atoms with Crippen LogP contribution >= 0.6 is 0 Å². The van der Waals surface area contributed by atoms with Crippen LogP contribution in [0.3, 0.4) is 0 Å². The minimum absolute atomic E-state index is 0. The predicted molar refractivity (Wildman–Crippen MR) is 59.0 cm³/mol. The van der Waals surface area contributed by atoms with Crippen LogP contribution in [0.4, 0.5) is 0 Å². The van der Waals surface area contributed by atoms with Crippen LogP contribution in [0.5, 0.6) is 0 Å². The van der Waals surface area contributed by atoms with E-state index in [0.717, 1.165) is 6.42 Å². The van der Waals surface area contributed by atoms with Crippen LogP contribution in [0.15, 0.2) is 60.7 Å². The van der Waals surface area contributed by atoms with Gasteiger partial charge < -0.3 is 10.6 Å². The molecule has 2 rings (SSSR count). The van der Waals surface area contributed by atoms with Gasteiger partial charge in [0.1, 0.15) is 0 Å². The van der Waals surface area contributed by atoms with E-state index < -0.39 is 0 Å². The average molecular weight is 192 g/mol. The first-order valence-corrected chi connectivity index (χ1v) is 4.41. The number of hydrogen-bond donors (Lipinski definition) is 1. The topological polar surface area (TPSA) is 51.7 Å². The monoisotopic (exact) mass is 192 g/mol. The molecule has 1 aliphatic carbocycles. The van der Waals surface area contributed by atoms with Gasteiger partial charge in [0.2, 0.25) is 0 Å². The lowest BCUT2D eigenvalue weighted by Gasteiger charge is -2.01. The van der Waals surface area contributed by atoms with Crippen molar-refractivity contribution in [1.82, 2.24) is 0 Å². The molecule has 1 aliphatic rings. The van der Waals surface area contributed by atoms with Gasteiger partial charge in [-0.05, 0) is 6.42 Å². The number of hydrogen-bond acceptors (Lipinski definition) is 1. The quantitative estimate of drug-likeness (QED) is 0.668. The highest BCUT2D eigenvalue weighted by Gasteiger charge is 1.95. The second-order valence-electron chi connectivity index (χ2n) is 2.77. The summed E-state index contributed by atoms with van der Waals surface area (Å²) in [6.45, 7) is 0. The second kappa shape index (κ2) is 8.23. The molecule has 1 unspecified atom stereocenters. The van der Waals surface area contributed by atoms with Crippen molar-refractivity contribution in [1.29, 1.82) is 0 Å². The Morgan fingerprint density at radius 3 is 1.57 bits per heavy atom. The van der Waals surface area contributed by atoms with Crippen molar-refractivity contribution in [3.05, 3.63) is 60.7 Å². The molecule has 0 saturated carbocycles. The Kier molecular flexibility index (Phi) is 7.42. The Balaban J connectivity index is 0.000000227. The van der Waals surface area contributed by atoms with Gasteiger partial charge in [-0.15, -0.1) is 0 Å². The van der Waals surface area contributed by atoms with Crippen molar-refractivity contribution in [2.24, 2.45) is 0 Å². The lowest BCUT2D eigenvalue weighted by atomic mass is 10.1. The van der Waals surface area contributed by atoms with Crippen molar-refractivity contribution in [3.8, 4) is 0 Å². The van der Waals surface area contributed by atoms with Gasteiger partial charge in [-0.1, -0.05) is 60.7 Å². The molecule has 76 valence electrons. The molecule has 1 aromatic rings. The van der Waals surface area contributed by atoms with Crippen molar-refractivity contribution in [3.63, 3.8) is 0 Å². The third-order valence-corrected chi connectivity index (χ3v) is 1.62. The molecule has 0 bridgehead atoms. The van der Waals surface area contributed by atoms with E-state index in [1.165, 1.54) is 0 Å². The molecule has 0 aliphatic heterocycles. The molecule has 2 heteroatoms. The van der Waals surface area contributed by atoms with Crippen LogP contribution in [-0.4, -0.2) is 16.7 Å². The first kappa shape index (κ1) is 12.6. The number of aliphatic hydroxyl groups excluding tert-OH is 1. The van der Waals surface area contributed by atoms with E-state index in [2.05, 4.69) is 0 Å². The molecule has 2 nitrogen and oxygen atoms in total. The Morgan fingerprint density at radius 1 is 0.857 bits per heavy atom. The molecular weight excluding hydrogens is 176 g/mol. The largest absolute Gasteiger partial charge is 0.412 e. The summed E-state index contributed by atoms with van der Waals surface area (Å²) in [5, 5.41) is 8.77. The lowest BCUT2D eigenvalue weighted by molar-refractivity contribution is 0.225. The summed E-state index contributed by atoms with van der Waals surface area (Å²) in [7, 11) is 0. The number of benzene rings is 1. The third kappa shape index (κ3) is 6.17. The Morgan fingerprint density at radius 2 is 1.36 bits per heavy atom. The molecule has 0 saturated heterocycles. The molecule has 0 spiro atoms. The van der Waals surface area contributed by atoms with Crippen molar-refractivity contribution >= 4 is 0 Å². The summed E-state index contributed by atoms with van der Waals surface area (Å²) in [6.07, 6.45) is 8.06. The Labute approximate surface area is 84.5 Å². The molecule has 1 aromatic carbocycles. The number of aliphatic hydroxyl groups is 1. The average Bonchev–Trinajstić information content (AvgIpc) is 2.22. The van der Waals surface area contributed by atoms with Gasteiger partial charge in [0.15, 0.2) is 0 Å². The van der Waals surface area contributed by atoms with E-state index in [0.29, 0.717) is 0 Å². The fourth-order valence-corrected chi connectivity index (χ4v) is 0.952. The molecule has 0 aromatic heterocycles.